The van der Waals surface area contributed by atoms with Crippen molar-refractivity contribution in [3.05, 3.63) is 180 Å². The van der Waals surface area contributed by atoms with E-state index in [1.54, 1.807) is 0 Å². The van der Waals surface area contributed by atoms with Crippen LogP contribution in [0, 0.1) is 0 Å². The van der Waals surface area contributed by atoms with Crippen LogP contribution in [0.1, 0.15) is 112 Å². The number of aromatic nitrogens is 1. The van der Waals surface area contributed by atoms with Gasteiger partial charge in [-0.1, -0.05) is 149 Å². The summed E-state index contributed by atoms with van der Waals surface area (Å²) in [6, 6.07) is 60.1. The fourth-order valence-corrected chi connectivity index (χ4v) is 11.2. The van der Waals surface area contributed by atoms with E-state index >= 15 is 0 Å². The maximum atomic E-state index is 2.52. The van der Waals surface area contributed by atoms with E-state index < -0.39 is 0 Å². The number of hydrogen-bond donors (Lipinski definition) is 0. The van der Waals surface area contributed by atoms with Crippen molar-refractivity contribution in [2.45, 2.75) is 95.3 Å². The van der Waals surface area contributed by atoms with E-state index in [1.165, 1.54) is 153 Å². The van der Waals surface area contributed by atoms with Crippen molar-refractivity contribution < 1.29 is 0 Å². The van der Waals surface area contributed by atoms with Crippen LogP contribution in [0.25, 0.3) is 49.7 Å². The summed E-state index contributed by atoms with van der Waals surface area (Å²) >= 11 is 0. The Bertz CT molecular complexity index is 2720. The zero-order valence-electron chi connectivity index (χ0n) is 34.6. The summed E-state index contributed by atoms with van der Waals surface area (Å²) in [4.78, 5) is 2.51. The summed E-state index contributed by atoms with van der Waals surface area (Å²) in [7, 11) is 0. The molecule has 11 rings (SSSR count). The Kier molecular flexibility index (Phi) is 9.06. The molecule has 0 atom stereocenters. The van der Waals surface area contributed by atoms with E-state index in [9.17, 15) is 0 Å². The van der Waals surface area contributed by atoms with E-state index in [0.717, 1.165) is 0 Å². The predicted octanol–water partition coefficient (Wildman–Crippen LogP) is 16.3. The Labute approximate surface area is 350 Å². The highest BCUT2D eigenvalue weighted by molar-refractivity contribution is 6.16. The molecule has 1 aromatic heterocycles. The molecule has 0 unspecified atom stereocenters. The average molecular weight is 767 g/mol. The Morgan fingerprint density at radius 2 is 1.05 bits per heavy atom. The number of nitrogens with zero attached hydrogens (tertiary/aromatic N) is 2. The quantitative estimate of drug-likeness (QED) is 0.157. The topological polar surface area (TPSA) is 8.17 Å². The van der Waals surface area contributed by atoms with E-state index in [0.29, 0.717) is 11.8 Å². The lowest BCUT2D eigenvalue weighted by Gasteiger charge is -2.29. The van der Waals surface area contributed by atoms with Crippen molar-refractivity contribution in [2.75, 3.05) is 4.90 Å². The van der Waals surface area contributed by atoms with E-state index in [1.807, 2.05) is 0 Å². The second-order valence-electron chi connectivity index (χ2n) is 18.2. The van der Waals surface area contributed by atoms with Gasteiger partial charge < -0.3 is 9.47 Å². The van der Waals surface area contributed by atoms with Gasteiger partial charge in [-0.2, -0.15) is 0 Å². The predicted molar refractivity (Wildman–Crippen MR) is 250 cm³/mol. The molecule has 0 bridgehead atoms. The van der Waals surface area contributed by atoms with Gasteiger partial charge in [-0.05, 0) is 137 Å². The number of rotatable bonds is 7. The van der Waals surface area contributed by atoms with Crippen molar-refractivity contribution in [3.8, 4) is 27.9 Å². The van der Waals surface area contributed by atoms with Gasteiger partial charge in [-0.15, -0.1) is 0 Å². The lowest BCUT2D eigenvalue weighted by atomic mass is 9.82. The van der Waals surface area contributed by atoms with Gasteiger partial charge in [0.15, 0.2) is 0 Å². The normalized spacial score (nSPS) is 16.6. The van der Waals surface area contributed by atoms with Crippen molar-refractivity contribution >= 4 is 38.9 Å². The Morgan fingerprint density at radius 3 is 1.66 bits per heavy atom. The highest BCUT2D eigenvalue weighted by Gasteiger charge is 2.38. The molecule has 0 spiro atoms. The number of hydrogen-bond acceptors (Lipinski definition) is 1. The van der Waals surface area contributed by atoms with Gasteiger partial charge in [0.05, 0.1) is 11.0 Å². The molecule has 0 aliphatic heterocycles. The van der Waals surface area contributed by atoms with Crippen LogP contribution in [0.15, 0.2) is 158 Å². The minimum Gasteiger partial charge on any atom is -0.310 e. The maximum absolute atomic E-state index is 2.52. The fourth-order valence-electron chi connectivity index (χ4n) is 11.2. The first-order chi connectivity index (χ1) is 29.0. The van der Waals surface area contributed by atoms with Gasteiger partial charge in [0, 0.05) is 44.5 Å². The van der Waals surface area contributed by atoms with Crippen LogP contribution in [0.3, 0.4) is 0 Å². The first kappa shape index (κ1) is 36.2. The number of benzene rings is 7. The van der Waals surface area contributed by atoms with Gasteiger partial charge in [-0.25, -0.2) is 0 Å². The largest absolute Gasteiger partial charge is 0.310 e. The minimum atomic E-state index is -0.191. The molecule has 292 valence electrons. The first-order valence-corrected chi connectivity index (χ1v) is 22.4. The molecule has 7 aromatic carbocycles. The second kappa shape index (κ2) is 14.8. The average Bonchev–Trinajstić information content (AvgIpc) is 3.75. The molecule has 3 aliphatic carbocycles. The first-order valence-electron chi connectivity index (χ1n) is 22.4. The summed E-state index contributed by atoms with van der Waals surface area (Å²) in [6.45, 7) is 4.86. The van der Waals surface area contributed by atoms with Crippen LogP contribution in [-0.4, -0.2) is 4.57 Å². The molecule has 2 saturated carbocycles. The monoisotopic (exact) mass is 766 g/mol. The maximum Gasteiger partial charge on any atom is 0.0622 e. The van der Waals surface area contributed by atoms with E-state index in [4.69, 9.17) is 0 Å². The van der Waals surface area contributed by atoms with Gasteiger partial charge in [0.1, 0.15) is 0 Å². The smallest absolute Gasteiger partial charge is 0.0622 e. The summed E-state index contributed by atoms with van der Waals surface area (Å²) < 4.78 is 2.52. The van der Waals surface area contributed by atoms with Crippen LogP contribution in [0.4, 0.5) is 17.1 Å². The van der Waals surface area contributed by atoms with E-state index in [2.05, 4.69) is 181 Å². The number of fused-ring (bicyclic) bond motifs is 7. The van der Waals surface area contributed by atoms with Gasteiger partial charge >= 0.3 is 0 Å². The fraction of sp³-hybridized carbons (Fsp3) is 0.263. The number of anilines is 3. The van der Waals surface area contributed by atoms with Crippen LogP contribution < -0.4 is 4.90 Å². The Morgan fingerprint density at radius 1 is 0.475 bits per heavy atom. The van der Waals surface area contributed by atoms with Crippen LogP contribution >= 0.6 is 0 Å². The third-order valence-electron chi connectivity index (χ3n) is 14.4. The molecule has 2 nitrogen and oxygen atoms in total. The molecule has 3 aliphatic rings. The van der Waals surface area contributed by atoms with Gasteiger partial charge in [0.2, 0.25) is 0 Å². The molecule has 0 saturated heterocycles. The molecular weight excluding hydrogens is 713 g/mol. The molecule has 8 aromatic rings. The lowest BCUT2D eigenvalue weighted by molar-refractivity contribution is 0.443. The molecule has 2 fully saturated rings. The molecule has 59 heavy (non-hydrogen) atoms. The molecule has 2 heteroatoms. The Hall–Kier alpha value is -5.86. The minimum absolute atomic E-state index is 0.191. The summed E-state index contributed by atoms with van der Waals surface area (Å²) in [5, 5.41) is 2.58. The molecule has 0 amide bonds. The second-order valence-corrected chi connectivity index (χ2v) is 18.2. The van der Waals surface area contributed by atoms with E-state index in [-0.39, 0.29) is 5.41 Å². The third kappa shape index (κ3) is 6.22. The summed E-state index contributed by atoms with van der Waals surface area (Å²) in [5.74, 6) is 1.38. The lowest BCUT2D eigenvalue weighted by Crippen LogP contribution is -2.16. The van der Waals surface area contributed by atoms with Gasteiger partial charge in [0.25, 0.3) is 0 Å². The molecule has 0 N–H and O–H groups in total. The van der Waals surface area contributed by atoms with Gasteiger partial charge in [-0.3, -0.25) is 0 Å². The molecule has 0 radical (unpaired) electrons. The zero-order valence-corrected chi connectivity index (χ0v) is 34.6. The highest BCUT2D eigenvalue weighted by Crippen LogP contribution is 2.54. The summed E-state index contributed by atoms with van der Waals surface area (Å²) in [5.41, 5.74) is 18.2. The molecular formula is C57H54N2. The third-order valence-corrected chi connectivity index (χ3v) is 14.4. The highest BCUT2D eigenvalue weighted by atomic mass is 15.1. The summed E-state index contributed by atoms with van der Waals surface area (Å²) in [6.07, 6.45) is 13.4. The van der Waals surface area contributed by atoms with Crippen molar-refractivity contribution in [2.24, 2.45) is 0 Å². The van der Waals surface area contributed by atoms with Crippen LogP contribution in [0.5, 0.6) is 0 Å². The number of para-hydroxylation sites is 1. The van der Waals surface area contributed by atoms with Crippen molar-refractivity contribution in [1.29, 1.82) is 0 Å². The van der Waals surface area contributed by atoms with Crippen LogP contribution in [0.2, 0.25) is 0 Å². The SMILES string of the molecule is CC1(C)c2cc(N(c3ccc(C4CCCCC4)cc3)c3ccc(C4CCCCC4)cc3)ccc2-c2c1ccc1c3cc(-c4ccccc4)ccc3n(-c3ccccc3)c21. The molecule has 1 heterocycles. The zero-order chi connectivity index (χ0) is 39.5. The standard InChI is InChI=1S/C57H54N2/c1-57(2)52-35-34-49-51-37-44(41-19-11-5-12-20-41)27-36-54(51)59(45-21-13-6-14-22-45)56(49)55(52)50-33-32-48(38-53(50)57)58(46-28-23-42(24-29-46)39-15-7-3-8-16-39)47-30-25-43(26-31-47)40-17-9-4-10-18-40/h5-6,11-14,19-40H,3-4,7-10,15-18H2,1-2H3. The van der Waals surface area contributed by atoms with Crippen molar-refractivity contribution in [3.63, 3.8) is 0 Å². The van der Waals surface area contributed by atoms with Crippen molar-refractivity contribution in [1.82, 2.24) is 4.57 Å². The Balaban J connectivity index is 1.07. The van der Waals surface area contributed by atoms with Crippen LogP contribution in [-0.2, 0) is 5.41 Å².